The fourth-order valence-corrected chi connectivity index (χ4v) is 4.23. The van der Waals surface area contributed by atoms with Crippen molar-refractivity contribution >= 4 is 11.0 Å². The lowest BCUT2D eigenvalue weighted by molar-refractivity contribution is 0.303. The van der Waals surface area contributed by atoms with Crippen molar-refractivity contribution in [3.05, 3.63) is 59.9 Å². The van der Waals surface area contributed by atoms with E-state index < -0.39 is 0 Å². The van der Waals surface area contributed by atoms with Crippen LogP contribution in [-0.4, -0.2) is 40.7 Å². The highest BCUT2D eigenvalue weighted by Gasteiger charge is 2.13. The zero-order valence-corrected chi connectivity index (χ0v) is 17.6. The van der Waals surface area contributed by atoms with Crippen LogP contribution in [0.1, 0.15) is 43.5 Å². The van der Waals surface area contributed by atoms with Crippen molar-refractivity contribution in [3.63, 3.8) is 0 Å². The Morgan fingerprint density at radius 3 is 2.52 bits per heavy atom. The molecule has 0 N–H and O–H groups in total. The van der Waals surface area contributed by atoms with Gasteiger partial charge in [-0.1, -0.05) is 29.8 Å². The van der Waals surface area contributed by atoms with E-state index in [2.05, 4.69) is 64.9 Å². The summed E-state index contributed by atoms with van der Waals surface area (Å²) in [5, 5.41) is 0. The van der Waals surface area contributed by atoms with E-state index >= 15 is 0 Å². The molecular weight excluding hydrogens is 358 g/mol. The molecule has 29 heavy (non-hydrogen) atoms. The third kappa shape index (κ3) is 5.39. The molecule has 1 fully saturated rings. The van der Waals surface area contributed by atoms with Gasteiger partial charge in [0.25, 0.3) is 0 Å². The summed E-state index contributed by atoms with van der Waals surface area (Å²) in [6.07, 6.45) is 7.14. The minimum atomic E-state index is 0.764. The molecule has 4 heteroatoms. The van der Waals surface area contributed by atoms with Crippen molar-refractivity contribution in [1.82, 2.24) is 14.5 Å². The Morgan fingerprint density at radius 1 is 0.897 bits per heavy atom. The third-order valence-electron chi connectivity index (χ3n) is 5.87. The normalized spacial score (nSPS) is 14.7. The van der Waals surface area contributed by atoms with Gasteiger partial charge in [0.05, 0.1) is 17.6 Å². The van der Waals surface area contributed by atoms with Crippen LogP contribution in [0, 0.1) is 6.92 Å². The number of unbranched alkanes of at least 4 members (excludes halogenated alkanes) is 1. The van der Waals surface area contributed by atoms with Gasteiger partial charge in [-0.25, -0.2) is 4.98 Å². The van der Waals surface area contributed by atoms with Crippen molar-refractivity contribution in [3.8, 4) is 5.75 Å². The van der Waals surface area contributed by atoms with E-state index in [1.165, 1.54) is 55.8 Å². The van der Waals surface area contributed by atoms with E-state index in [4.69, 9.17) is 9.72 Å². The number of likely N-dealkylation sites (tertiary alicyclic amines) is 1. The Hall–Kier alpha value is -2.33. The molecule has 0 bridgehead atoms. The van der Waals surface area contributed by atoms with Gasteiger partial charge in [0.15, 0.2) is 0 Å². The van der Waals surface area contributed by atoms with Crippen LogP contribution in [0.15, 0.2) is 48.5 Å². The Labute approximate surface area is 174 Å². The van der Waals surface area contributed by atoms with Crippen LogP contribution in [0.4, 0.5) is 0 Å². The predicted molar refractivity (Wildman–Crippen MR) is 120 cm³/mol. The first-order valence-corrected chi connectivity index (χ1v) is 11.2. The first-order valence-electron chi connectivity index (χ1n) is 11.2. The van der Waals surface area contributed by atoms with Gasteiger partial charge in [-0.15, -0.1) is 0 Å². The lowest BCUT2D eigenvalue weighted by Crippen LogP contribution is -2.21. The minimum absolute atomic E-state index is 0.764. The lowest BCUT2D eigenvalue weighted by Gasteiger charge is -2.14. The molecule has 1 aliphatic rings. The molecule has 0 radical (unpaired) electrons. The van der Waals surface area contributed by atoms with E-state index in [1.54, 1.807) is 0 Å². The Kier molecular flexibility index (Phi) is 6.83. The lowest BCUT2D eigenvalue weighted by atomic mass is 10.2. The molecule has 0 saturated carbocycles. The number of aromatic nitrogens is 2. The molecule has 2 heterocycles. The minimum Gasteiger partial charge on any atom is -0.494 e. The van der Waals surface area contributed by atoms with Gasteiger partial charge < -0.3 is 14.2 Å². The average molecular weight is 392 g/mol. The highest BCUT2D eigenvalue weighted by atomic mass is 16.5. The summed E-state index contributed by atoms with van der Waals surface area (Å²) < 4.78 is 8.33. The first kappa shape index (κ1) is 20.0. The third-order valence-corrected chi connectivity index (χ3v) is 5.87. The number of benzene rings is 2. The fraction of sp³-hybridized carbons (Fsp3) is 0.480. The molecule has 1 aromatic heterocycles. The Balaban J connectivity index is 1.30. The van der Waals surface area contributed by atoms with Crippen molar-refractivity contribution in [2.45, 2.75) is 52.0 Å². The fourth-order valence-electron chi connectivity index (χ4n) is 4.23. The zero-order valence-electron chi connectivity index (χ0n) is 17.6. The smallest absolute Gasteiger partial charge is 0.119 e. The van der Waals surface area contributed by atoms with E-state index in [0.717, 1.165) is 43.7 Å². The van der Waals surface area contributed by atoms with Gasteiger partial charge in [0, 0.05) is 13.0 Å². The number of para-hydroxylation sites is 2. The van der Waals surface area contributed by atoms with Crippen LogP contribution in [0.3, 0.4) is 0 Å². The second kappa shape index (κ2) is 9.93. The van der Waals surface area contributed by atoms with E-state index in [9.17, 15) is 0 Å². The Bertz CT molecular complexity index is 894. The molecule has 2 aromatic carbocycles. The molecular formula is C25H33N3O. The largest absolute Gasteiger partial charge is 0.494 e. The van der Waals surface area contributed by atoms with Gasteiger partial charge in [-0.05, 0) is 82.9 Å². The van der Waals surface area contributed by atoms with Crippen LogP contribution in [-0.2, 0) is 13.0 Å². The standard InChI is InChI=1S/C25H33N3O/c1-21-12-14-22(15-13-21)29-20-7-6-19-28-24-10-3-2-9-23(24)26-25(28)11-8-18-27-16-4-5-17-27/h2-3,9-10,12-15H,4-8,11,16-20H2,1H3. The molecule has 0 unspecified atom stereocenters. The molecule has 0 aliphatic carbocycles. The number of fused-ring (bicyclic) bond motifs is 1. The van der Waals surface area contributed by atoms with Crippen molar-refractivity contribution in [2.75, 3.05) is 26.2 Å². The molecule has 0 atom stereocenters. The van der Waals surface area contributed by atoms with Crippen LogP contribution < -0.4 is 4.74 Å². The molecule has 4 rings (SSSR count). The number of ether oxygens (including phenoxy) is 1. The van der Waals surface area contributed by atoms with E-state index in [1.807, 2.05) is 0 Å². The van der Waals surface area contributed by atoms with Crippen molar-refractivity contribution < 1.29 is 4.74 Å². The van der Waals surface area contributed by atoms with Gasteiger partial charge in [0.2, 0.25) is 0 Å². The van der Waals surface area contributed by atoms with Gasteiger partial charge in [-0.3, -0.25) is 0 Å². The van der Waals surface area contributed by atoms with Crippen LogP contribution in [0.25, 0.3) is 11.0 Å². The highest BCUT2D eigenvalue weighted by molar-refractivity contribution is 5.75. The summed E-state index contributed by atoms with van der Waals surface area (Å²) in [4.78, 5) is 7.54. The van der Waals surface area contributed by atoms with Gasteiger partial charge >= 0.3 is 0 Å². The maximum absolute atomic E-state index is 5.89. The topological polar surface area (TPSA) is 30.3 Å². The molecule has 0 spiro atoms. The van der Waals surface area contributed by atoms with E-state index in [-0.39, 0.29) is 0 Å². The van der Waals surface area contributed by atoms with Crippen LogP contribution in [0.5, 0.6) is 5.75 Å². The Morgan fingerprint density at radius 2 is 1.69 bits per heavy atom. The number of aryl methyl sites for hydroxylation is 3. The summed E-state index contributed by atoms with van der Waals surface area (Å²) in [7, 11) is 0. The number of rotatable bonds is 10. The molecule has 3 aromatic rings. The summed E-state index contributed by atoms with van der Waals surface area (Å²) >= 11 is 0. The monoisotopic (exact) mass is 391 g/mol. The number of hydrogen-bond donors (Lipinski definition) is 0. The predicted octanol–water partition coefficient (Wildman–Crippen LogP) is 5.23. The zero-order chi connectivity index (χ0) is 19.9. The second-order valence-corrected chi connectivity index (χ2v) is 8.19. The summed E-state index contributed by atoms with van der Waals surface area (Å²) in [5.41, 5.74) is 3.66. The summed E-state index contributed by atoms with van der Waals surface area (Å²) in [6, 6.07) is 16.8. The average Bonchev–Trinajstić information content (AvgIpc) is 3.37. The van der Waals surface area contributed by atoms with Crippen LogP contribution >= 0.6 is 0 Å². The molecule has 154 valence electrons. The second-order valence-electron chi connectivity index (χ2n) is 8.19. The number of hydrogen-bond acceptors (Lipinski definition) is 3. The van der Waals surface area contributed by atoms with Gasteiger partial charge in [0.1, 0.15) is 11.6 Å². The molecule has 0 amide bonds. The maximum Gasteiger partial charge on any atom is 0.119 e. The highest BCUT2D eigenvalue weighted by Crippen LogP contribution is 2.19. The van der Waals surface area contributed by atoms with Crippen LogP contribution in [0.2, 0.25) is 0 Å². The SMILES string of the molecule is Cc1ccc(OCCCCn2c(CCCN3CCCC3)nc3ccccc32)cc1. The van der Waals surface area contributed by atoms with Crippen molar-refractivity contribution in [2.24, 2.45) is 0 Å². The summed E-state index contributed by atoms with van der Waals surface area (Å²) in [5.74, 6) is 2.20. The molecule has 1 saturated heterocycles. The quantitative estimate of drug-likeness (QED) is 0.443. The number of nitrogens with zero attached hydrogens (tertiary/aromatic N) is 3. The molecule has 1 aliphatic heterocycles. The first-order chi connectivity index (χ1) is 14.3. The van der Waals surface area contributed by atoms with Gasteiger partial charge in [-0.2, -0.15) is 0 Å². The summed E-state index contributed by atoms with van der Waals surface area (Å²) in [6.45, 7) is 7.63. The van der Waals surface area contributed by atoms with Crippen molar-refractivity contribution in [1.29, 1.82) is 0 Å². The van der Waals surface area contributed by atoms with E-state index in [0.29, 0.717) is 0 Å². The number of imidazole rings is 1. The molecule has 4 nitrogen and oxygen atoms in total. The maximum atomic E-state index is 5.89.